The van der Waals surface area contributed by atoms with Crippen molar-refractivity contribution < 1.29 is 19.8 Å². The van der Waals surface area contributed by atoms with Crippen molar-refractivity contribution in [1.29, 1.82) is 0 Å². The summed E-state index contributed by atoms with van der Waals surface area (Å²) < 4.78 is 0. The minimum atomic E-state index is -1.09. The van der Waals surface area contributed by atoms with Crippen molar-refractivity contribution >= 4 is 29.1 Å². The zero-order valence-corrected chi connectivity index (χ0v) is 21.2. The van der Waals surface area contributed by atoms with Crippen molar-refractivity contribution in [3.8, 4) is 0 Å². The predicted molar refractivity (Wildman–Crippen MR) is 132 cm³/mol. The number of aliphatic hydroxyl groups is 2. The van der Waals surface area contributed by atoms with Crippen molar-refractivity contribution in [3.63, 3.8) is 0 Å². The standard InChI is InChI=1S/C26H38N2O4S/c1-15-7-6-8-19-13-26(5,25(32)17(3)24(19)31)22(29)12-23(30)28-21(10-9-15)16(2)11-20-14-33-18(4)27-20/h9,11,14,17,19,21-22,24,29,31H,6-8,10,12-13H2,1-5H3,(H,28,30)/b15-9-,16-11+/t17-,19-,21+,22+,24-,26-/m1/s1. The third-order valence-electron chi connectivity index (χ3n) is 7.52. The van der Waals surface area contributed by atoms with Gasteiger partial charge in [0.15, 0.2) is 0 Å². The minimum Gasteiger partial charge on any atom is -0.392 e. The molecular formula is C26H38N2O4S. The van der Waals surface area contributed by atoms with Crippen LogP contribution in [0, 0.1) is 24.2 Å². The number of aromatic nitrogens is 1. The fourth-order valence-corrected chi connectivity index (χ4v) is 5.85. The van der Waals surface area contributed by atoms with Crippen LogP contribution in [0.1, 0.15) is 76.9 Å². The summed E-state index contributed by atoms with van der Waals surface area (Å²) in [6.07, 6.45) is 5.91. The lowest BCUT2D eigenvalue weighted by molar-refractivity contribution is -0.156. The van der Waals surface area contributed by atoms with E-state index in [1.165, 1.54) is 5.57 Å². The molecule has 182 valence electrons. The maximum atomic E-state index is 13.1. The highest BCUT2D eigenvalue weighted by Gasteiger charge is 2.51. The van der Waals surface area contributed by atoms with Crippen molar-refractivity contribution in [2.45, 2.75) is 91.4 Å². The van der Waals surface area contributed by atoms with Crippen LogP contribution in [0.5, 0.6) is 0 Å². The number of allylic oxidation sites excluding steroid dienone is 1. The van der Waals surface area contributed by atoms with Gasteiger partial charge in [0.2, 0.25) is 5.91 Å². The highest BCUT2D eigenvalue weighted by Crippen LogP contribution is 2.44. The van der Waals surface area contributed by atoms with Crippen LogP contribution in [0.15, 0.2) is 22.6 Å². The lowest BCUT2D eigenvalue weighted by Gasteiger charge is -2.45. The second-order valence-electron chi connectivity index (χ2n) is 10.2. The molecule has 0 saturated heterocycles. The van der Waals surface area contributed by atoms with E-state index in [9.17, 15) is 19.8 Å². The van der Waals surface area contributed by atoms with Gasteiger partial charge in [-0.15, -0.1) is 11.3 Å². The number of hydrogen-bond acceptors (Lipinski definition) is 6. The van der Waals surface area contributed by atoms with Crippen LogP contribution >= 0.6 is 11.3 Å². The highest BCUT2D eigenvalue weighted by molar-refractivity contribution is 7.09. The molecule has 0 aromatic carbocycles. The van der Waals surface area contributed by atoms with Crippen molar-refractivity contribution in [2.75, 3.05) is 0 Å². The number of aliphatic hydroxyl groups excluding tert-OH is 2. The molecule has 6 nitrogen and oxygen atoms in total. The van der Waals surface area contributed by atoms with Crippen LogP contribution in [-0.4, -0.2) is 45.1 Å². The summed E-state index contributed by atoms with van der Waals surface area (Å²) in [6, 6.07) is -0.215. The maximum absolute atomic E-state index is 13.1. The first-order valence-electron chi connectivity index (χ1n) is 12.0. The van der Waals surface area contributed by atoms with E-state index in [0.29, 0.717) is 12.8 Å². The molecule has 6 atom stereocenters. The molecule has 1 aliphatic heterocycles. The third-order valence-corrected chi connectivity index (χ3v) is 8.31. The van der Waals surface area contributed by atoms with Gasteiger partial charge in [-0.05, 0) is 70.4 Å². The van der Waals surface area contributed by atoms with Gasteiger partial charge >= 0.3 is 0 Å². The van der Waals surface area contributed by atoms with Crippen LogP contribution in [0.3, 0.4) is 0 Å². The molecule has 0 radical (unpaired) electrons. The van der Waals surface area contributed by atoms with E-state index in [2.05, 4.69) is 23.3 Å². The summed E-state index contributed by atoms with van der Waals surface area (Å²) in [4.78, 5) is 30.6. The monoisotopic (exact) mass is 474 g/mol. The Kier molecular flexibility index (Phi) is 8.30. The molecule has 1 fully saturated rings. The van der Waals surface area contributed by atoms with E-state index in [4.69, 9.17) is 0 Å². The topological polar surface area (TPSA) is 99.5 Å². The molecule has 3 rings (SSSR count). The molecule has 1 amide bonds. The molecule has 2 aliphatic rings. The molecule has 1 aromatic heterocycles. The number of Topliss-reactive ketones (excluding diaryl/α,β-unsaturated/α-hetero) is 1. The van der Waals surface area contributed by atoms with Crippen molar-refractivity contribution in [2.24, 2.45) is 17.3 Å². The van der Waals surface area contributed by atoms with Crippen LogP contribution in [0.4, 0.5) is 0 Å². The van der Waals surface area contributed by atoms with E-state index in [1.54, 1.807) is 25.2 Å². The number of thiazole rings is 1. The molecule has 3 N–H and O–H groups in total. The Morgan fingerprint density at radius 2 is 2.03 bits per heavy atom. The van der Waals surface area contributed by atoms with Crippen LogP contribution in [0.25, 0.3) is 6.08 Å². The first-order valence-corrected chi connectivity index (χ1v) is 12.8. The Morgan fingerprint density at radius 3 is 2.70 bits per heavy atom. The highest BCUT2D eigenvalue weighted by atomic mass is 32.1. The Hall–Kier alpha value is -1.83. The number of aryl methyl sites for hydroxylation is 1. The van der Waals surface area contributed by atoms with E-state index in [-0.39, 0.29) is 30.1 Å². The van der Waals surface area contributed by atoms with Gasteiger partial charge in [0.25, 0.3) is 0 Å². The molecule has 0 spiro atoms. The van der Waals surface area contributed by atoms with Crippen molar-refractivity contribution in [1.82, 2.24) is 10.3 Å². The zero-order valence-electron chi connectivity index (χ0n) is 20.4. The maximum Gasteiger partial charge on any atom is 0.223 e. The zero-order chi connectivity index (χ0) is 24.3. The first kappa shape index (κ1) is 25.8. The lowest BCUT2D eigenvalue weighted by Crippen LogP contribution is -2.54. The number of ketones is 1. The lowest BCUT2D eigenvalue weighted by atomic mass is 9.60. The molecule has 0 unspecified atom stereocenters. The van der Waals surface area contributed by atoms with E-state index in [0.717, 1.165) is 35.5 Å². The van der Waals surface area contributed by atoms with Gasteiger partial charge in [0.05, 0.1) is 40.8 Å². The predicted octanol–water partition coefficient (Wildman–Crippen LogP) is 4.20. The summed E-state index contributed by atoms with van der Waals surface area (Å²) in [7, 11) is 0. The van der Waals surface area contributed by atoms with Gasteiger partial charge < -0.3 is 15.5 Å². The number of nitrogens with one attached hydrogen (secondary N) is 1. The summed E-state index contributed by atoms with van der Waals surface area (Å²) in [5, 5.41) is 27.8. The minimum absolute atomic E-state index is 0.0596. The third kappa shape index (κ3) is 6.00. The molecule has 33 heavy (non-hydrogen) atoms. The number of nitrogens with zero attached hydrogens (tertiary/aromatic N) is 1. The van der Waals surface area contributed by atoms with Crippen LogP contribution in [0.2, 0.25) is 0 Å². The molecular weight excluding hydrogens is 436 g/mol. The van der Waals surface area contributed by atoms with Gasteiger partial charge in [-0.3, -0.25) is 9.59 Å². The van der Waals surface area contributed by atoms with Crippen LogP contribution < -0.4 is 5.32 Å². The Morgan fingerprint density at radius 1 is 1.30 bits per heavy atom. The molecule has 7 heteroatoms. The van der Waals surface area contributed by atoms with Gasteiger partial charge in [0, 0.05) is 11.3 Å². The van der Waals surface area contributed by atoms with E-state index in [1.807, 2.05) is 25.3 Å². The average Bonchev–Trinajstić information content (AvgIpc) is 3.16. The SMILES string of the molecule is C/C1=C/C[C@@H](/C(C)=C/c2csc(C)n2)NC(=O)C[C@H](O)[C@@]2(C)C[C@@H](CCC1)[C@H](O)[C@@H](C)C2=O. The van der Waals surface area contributed by atoms with Gasteiger partial charge in [-0.2, -0.15) is 0 Å². The first-order chi connectivity index (χ1) is 15.5. The largest absolute Gasteiger partial charge is 0.392 e. The number of hydrogen-bond donors (Lipinski definition) is 3. The quantitative estimate of drug-likeness (QED) is 0.558. The molecule has 1 saturated carbocycles. The number of fused-ring (bicyclic) bond motifs is 2. The fraction of sp³-hybridized carbons (Fsp3) is 0.654. The number of amides is 1. The Bertz CT molecular complexity index is 936. The van der Waals surface area contributed by atoms with E-state index >= 15 is 0 Å². The fourth-order valence-electron chi connectivity index (χ4n) is 5.28. The Labute approximate surface area is 201 Å². The number of rotatable bonds is 2. The number of carbonyl (C=O) groups is 2. The number of carbonyl (C=O) groups excluding carboxylic acids is 2. The van der Waals surface area contributed by atoms with Crippen molar-refractivity contribution in [3.05, 3.63) is 33.3 Å². The van der Waals surface area contributed by atoms with Crippen LogP contribution in [-0.2, 0) is 9.59 Å². The second-order valence-corrected chi connectivity index (χ2v) is 11.3. The molecule has 1 aliphatic carbocycles. The molecule has 2 heterocycles. The second kappa shape index (κ2) is 10.6. The van der Waals surface area contributed by atoms with Gasteiger partial charge in [-0.1, -0.05) is 25.5 Å². The van der Waals surface area contributed by atoms with Gasteiger partial charge in [0.1, 0.15) is 5.78 Å². The average molecular weight is 475 g/mol. The Balaban J connectivity index is 1.87. The molecule has 1 aromatic rings. The smallest absolute Gasteiger partial charge is 0.223 e. The summed E-state index contributed by atoms with van der Waals surface area (Å²) in [5.74, 6) is -1.03. The summed E-state index contributed by atoms with van der Waals surface area (Å²) in [5.41, 5.74) is 2.09. The molecule has 2 bridgehead atoms. The normalized spacial score (nSPS) is 36.5. The van der Waals surface area contributed by atoms with E-state index < -0.39 is 23.5 Å². The summed E-state index contributed by atoms with van der Waals surface area (Å²) in [6.45, 7) is 9.55. The van der Waals surface area contributed by atoms with Gasteiger partial charge in [-0.25, -0.2) is 4.98 Å². The summed E-state index contributed by atoms with van der Waals surface area (Å²) >= 11 is 1.59.